The number of rotatable bonds is 5. The summed E-state index contributed by atoms with van der Waals surface area (Å²) in [7, 11) is 3.22. The molecule has 302 valence electrons. The molecule has 5 heterocycles. The number of ether oxygens (including phenoxy) is 7. The third-order valence-corrected chi connectivity index (χ3v) is 13.5. The number of methoxy groups -OCH3 is 1. The van der Waals surface area contributed by atoms with Crippen molar-refractivity contribution in [1.82, 2.24) is 0 Å². The molecule has 4 fully saturated rings. The van der Waals surface area contributed by atoms with E-state index in [9.17, 15) is 9.90 Å². The van der Waals surface area contributed by atoms with Crippen molar-refractivity contribution in [2.75, 3.05) is 20.8 Å². The molecule has 6 aliphatic rings. The van der Waals surface area contributed by atoms with E-state index in [2.05, 4.69) is 72.7 Å². The minimum Gasteiger partial charge on any atom is -0.462 e. The van der Waals surface area contributed by atoms with Gasteiger partial charge in [0.15, 0.2) is 12.1 Å². The topological polar surface area (TPSA) is 124 Å². The summed E-state index contributed by atoms with van der Waals surface area (Å²) in [4.78, 5) is 19.7. The van der Waals surface area contributed by atoms with Gasteiger partial charge in [-0.05, 0) is 62.2 Å². The minimum atomic E-state index is -1.74. The number of esters is 1. The number of aliphatic hydroxyl groups is 1. The van der Waals surface area contributed by atoms with Crippen LogP contribution in [0.1, 0.15) is 101 Å². The van der Waals surface area contributed by atoms with Gasteiger partial charge in [0.25, 0.3) is 0 Å². The lowest BCUT2D eigenvalue weighted by molar-refractivity contribution is -0.340. The molecule has 14 atom stereocenters. The molecule has 0 aromatic rings. The number of oxime groups is 1. The average molecular weight is 756 g/mol. The Morgan fingerprint density at radius 3 is 2.48 bits per heavy atom. The summed E-state index contributed by atoms with van der Waals surface area (Å²) in [6.07, 6.45) is 10.6. The van der Waals surface area contributed by atoms with Crippen molar-refractivity contribution in [2.45, 2.75) is 161 Å². The highest BCUT2D eigenvalue weighted by atomic mass is 16.7. The van der Waals surface area contributed by atoms with Gasteiger partial charge in [0.05, 0.1) is 37.1 Å². The Morgan fingerprint density at radius 1 is 1.04 bits per heavy atom. The molecule has 11 heteroatoms. The van der Waals surface area contributed by atoms with Crippen molar-refractivity contribution in [1.29, 1.82) is 0 Å². The highest BCUT2D eigenvalue weighted by molar-refractivity contribution is 6.07. The molecule has 1 N–H and O–H groups in total. The van der Waals surface area contributed by atoms with Crippen LogP contribution in [-0.4, -0.2) is 98.0 Å². The van der Waals surface area contributed by atoms with Crippen molar-refractivity contribution in [2.24, 2.45) is 34.2 Å². The highest BCUT2D eigenvalue weighted by Crippen LogP contribution is 2.48. The van der Waals surface area contributed by atoms with Crippen LogP contribution in [0.4, 0.5) is 0 Å². The first-order valence-corrected chi connectivity index (χ1v) is 20.2. The summed E-state index contributed by atoms with van der Waals surface area (Å²) in [5.74, 6) is -1.81. The van der Waals surface area contributed by atoms with E-state index in [4.69, 9.17) is 38.0 Å². The molecule has 6 rings (SSSR count). The molecule has 11 nitrogen and oxygen atoms in total. The van der Waals surface area contributed by atoms with Crippen LogP contribution < -0.4 is 0 Å². The van der Waals surface area contributed by atoms with Crippen LogP contribution in [0.2, 0.25) is 0 Å². The average Bonchev–Trinajstić information content (AvgIpc) is 3.45. The molecular weight excluding hydrogens is 690 g/mol. The van der Waals surface area contributed by atoms with Gasteiger partial charge in [0.1, 0.15) is 36.5 Å². The molecule has 4 saturated heterocycles. The van der Waals surface area contributed by atoms with E-state index in [1.54, 1.807) is 13.2 Å². The van der Waals surface area contributed by atoms with Gasteiger partial charge >= 0.3 is 5.97 Å². The van der Waals surface area contributed by atoms with E-state index < -0.39 is 41.8 Å². The zero-order chi connectivity index (χ0) is 39.2. The second-order valence-corrected chi connectivity index (χ2v) is 17.4. The molecule has 0 radical (unpaired) electrons. The number of nitrogens with zero attached hydrogens (tertiary/aromatic N) is 1. The van der Waals surface area contributed by atoms with Crippen molar-refractivity contribution in [3.63, 3.8) is 0 Å². The Labute approximate surface area is 322 Å². The largest absolute Gasteiger partial charge is 0.462 e. The van der Waals surface area contributed by atoms with E-state index in [0.29, 0.717) is 61.6 Å². The summed E-state index contributed by atoms with van der Waals surface area (Å²) in [5, 5.41) is 17.0. The molecule has 0 saturated carbocycles. The smallest absolute Gasteiger partial charge is 0.316 e. The van der Waals surface area contributed by atoms with Crippen LogP contribution >= 0.6 is 0 Å². The lowest BCUT2D eigenvalue weighted by Crippen LogP contribution is -2.58. The Kier molecular flexibility index (Phi) is 12.4. The predicted molar refractivity (Wildman–Crippen MR) is 204 cm³/mol. The lowest BCUT2D eigenvalue weighted by atomic mass is 9.70. The second-order valence-electron chi connectivity index (χ2n) is 17.4. The number of hydrogen-bond acceptors (Lipinski definition) is 11. The fourth-order valence-corrected chi connectivity index (χ4v) is 9.56. The van der Waals surface area contributed by atoms with Crippen LogP contribution in [0, 0.1) is 29.1 Å². The van der Waals surface area contributed by atoms with Crippen LogP contribution in [0.25, 0.3) is 0 Å². The fourth-order valence-electron chi connectivity index (χ4n) is 9.56. The molecular formula is C43H65NO10. The van der Waals surface area contributed by atoms with E-state index in [0.717, 1.165) is 11.1 Å². The molecule has 2 bridgehead atoms. The van der Waals surface area contributed by atoms with Gasteiger partial charge in [-0.15, -0.1) is 0 Å². The van der Waals surface area contributed by atoms with Crippen LogP contribution in [0.5, 0.6) is 0 Å². The minimum absolute atomic E-state index is 0.0277. The molecule has 5 aliphatic heterocycles. The number of hydrogen-bond donors (Lipinski definition) is 1. The van der Waals surface area contributed by atoms with E-state index >= 15 is 0 Å². The summed E-state index contributed by atoms with van der Waals surface area (Å²) in [6, 6.07) is 0. The van der Waals surface area contributed by atoms with Crippen LogP contribution in [0.3, 0.4) is 0 Å². The zero-order valence-corrected chi connectivity index (χ0v) is 34.3. The van der Waals surface area contributed by atoms with Gasteiger partial charge in [0.2, 0.25) is 0 Å². The second kappa shape index (κ2) is 16.2. The Balaban J connectivity index is 1.41. The summed E-state index contributed by atoms with van der Waals surface area (Å²) < 4.78 is 45.6. The van der Waals surface area contributed by atoms with Crippen molar-refractivity contribution in [3.05, 3.63) is 47.1 Å². The van der Waals surface area contributed by atoms with E-state index in [1.807, 2.05) is 19.1 Å². The van der Waals surface area contributed by atoms with Gasteiger partial charge in [-0.3, -0.25) is 4.79 Å². The number of fused-ring (bicyclic) bond motifs is 2. The third-order valence-electron chi connectivity index (χ3n) is 13.5. The van der Waals surface area contributed by atoms with Crippen molar-refractivity contribution >= 4 is 11.7 Å². The maximum Gasteiger partial charge on any atom is 0.316 e. The van der Waals surface area contributed by atoms with E-state index in [1.165, 1.54) is 7.11 Å². The first kappa shape index (κ1) is 41.3. The van der Waals surface area contributed by atoms with Gasteiger partial charge < -0.3 is 43.1 Å². The first-order valence-electron chi connectivity index (χ1n) is 20.2. The third kappa shape index (κ3) is 7.80. The molecule has 0 aromatic heterocycles. The maximum atomic E-state index is 14.5. The lowest BCUT2D eigenvalue weighted by Gasteiger charge is -2.51. The quantitative estimate of drug-likeness (QED) is 0.179. The van der Waals surface area contributed by atoms with Crippen LogP contribution in [-0.2, 0) is 42.8 Å². The molecule has 1 spiro atoms. The number of allylic oxidation sites excluding steroid dienone is 2. The molecule has 0 aromatic carbocycles. The van der Waals surface area contributed by atoms with Gasteiger partial charge in [-0.2, -0.15) is 0 Å². The van der Waals surface area contributed by atoms with E-state index in [-0.39, 0.29) is 48.5 Å². The number of carbonyl (C=O) groups excluding carboxylic acids is 1. The van der Waals surface area contributed by atoms with Gasteiger partial charge in [0, 0.05) is 44.1 Å². The Morgan fingerprint density at radius 2 is 1.80 bits per heavy atom. The maximum absolute atomic E-state index is 14.5. The predicted octanol–water partition coefficient (Wildman–Crippen LogP) is 6.98. The molecule has 1 aliphatic carbocycles. The Bertz CT molecular complexity index is 1520. The van der Waals surface area contributed by atoms with Gasteiger partial charge in [-0.1, -0.05) is 77.1 Å². The summed E-state index contributed by atoms with van der Waals surface area (Å²) in [5.41, 5.74) is 0.965. The molecule has 0 amide bonds. The summed E-state index contributed by atoms with van der Waals surface area (Å²) >= 11 is 0. The van der Waals surface area contributed by atoms with Crippen molar-refractivity contribution in [3.8, 4) is 0 Å². The van der Waals surface area contributed by atoms with Gasteiger partial charge in [-0.25, -0.2) is 0 Å². The highest BCUT2D eigenvalue weighted by Gasteiger charge is 2.60. The van der Waals surface area contributed by atoms with Crippen LogP contribution in [0.15, 0.2) is 52.3 Å². The SMILES string of the molecule is CCC1=CC2C(=O)OC3CC(C/C=C(\C)C(OC4CC(OC)C(C)(C)C(C)O4)C(C)/C=C/C=C4\COC(C1=NOC)C42O)OC1(C3)CC(C)C(C)C(C)O1. The molecule has 14 unspecified atom stereocenters. The Hall–Kier alpha value is -2.38. The summed E-state index contributed by atoms with van der Waals surface area (Å²) in [6.45, 7) is 19.3. The zero-order valence-electron chi connectivity index (χ0n) is 34.3. The van der Waals surface area contributed by atoms with Crippen molar-refractivity contribution < 1.29 is 47.9 Å². The first-order chi connectivity index (χ1) is 25.6. The monoisotopic (exact) mass is 755 g/mol. The molecule has 54 heavy (non-hydrogen) atoms. The number of carbonyl (C=O) groups is 1. The fraction of sp³-hybridized carbons (Fsp3) is 0.767. The standard InChI is InChI=1S/C43H65NO10/c1-12-30-18-34-40(45)51-33-19-32(54-42(22-33)21-26(4)27(5)28(6)53-42)17-16-25(3)38(52-36-20-35(47-10)41(8,9)29(7)50-36)24(2)14-13-15-31-23-49-39(43(31,34)46)37(30)44-48-11/h13-16,18,24,26-29,32-36,38-39,46H,12,17,19-23H2,1-11H3/b14-13+,25-16+,31-15+,44-37?. The normalized spacial score (nSPS) is 47.4.